The van der Waals surface area contributed by atoms with Crippen LogP contribution in [-0.4, -0.2) is 41.9 Å². The van der Waals surface area contributed by atoms with Crippen molar-refractivity contribution in [1.29, 1.82) is 5.26 Å². The Labute approximate surface area is 159 Å². The van der Waals surface area contributed by atoms with Gasteiger partial charge in [0.25, 0.3) is 5.91 Å². The Hall–Kier alpha value is -3.16. The fourth-order valence-electron chi connectivity index (χ4n) is 3.70. The van der Waals surface area contributed by atoms with Crippen molar-refractivity contribution in [1.82, 2.24) is 9.80 Å². The molecule has 134 valence electrons. The quantitative estimate of drug-likeness (QED) is 0.720. The predicted octanol–water partition coefficient (Wildman–Crippen LogP) is 3.67. The molecule has 1 aliphatic heterocycles. The van der Waals surface area contributed by atoms with Gasteiger partial charge in [0.05, 0.1) is 11.6 Å². The minimum atomic E-state index is 0.101. The Morgan fingerprint density at radius 1 is 0.889 bits per heavy atom. The number of carbonyl (C=O) groups is 1. The lowest BCUT2D eigenvalue weighted by atomic mass is 10.0. The molecule has 4 rings (SSSR count). The van der Waals surface area contributed by atoms with Gasteiger partial charge < -0.3 is 4.90 Å². The maximum atomic E-state index is 13.0. The Morgan fingerprint density at radius 3 is 2.41 bits per heavy atom. The summed E-state index contributed by atoms with van der Waals surface area (Å²) in [4.78, 5) is 17.3. The van der Waals surface area contributed by atoms with E-state index in [-0.39, 0.29) is 5.91 Å². The largest absolute Gasteiger partial charge is 0.336 e. The predicted molar refractivity (Wildman–Crippen MR) is 106 cm³/mol. The molecule has 4 heteroatoms. The van der Waals surface area contributed by atoms with Gasteiger partial charge in [0.1, 0.15) is 0 Å². The van der Waals surface area contributed by atoms with E-state index in [1.165, 1.54) is 0 Å². The summed E-state index contributed by atoms with van der Waals surface area (Å²) in [5, 5.41) is 11.4. The topological polar surface area (TPSA) is 47.3 Å². The van der Waals surface area contributed by atoms with Crippen LogP contribution in [0.25, 0.3) is 10.8 Å². The average Bonchev–Trinajstić information content (AvgIpc) is 2.74. The molecule has 1 aliphatic rings. The van der Waals surface area contributed by atoms with E-state index in [4.69, 9.17) is 0 Å². The molecule has 0 unspecified atom stereocenters. The summed E-state index contributed by atoms with van der Waals surface area (Å²) in [7, 11) is 0. The van der Waals surface area contributed by atoms with Gasteiger partial charge in [-0.3, -0.25) is 9.69 Å². The van der Waals surface area contributed by atoms with Crippen LogP contribution >= 0.6 is 0 Å². The summed E-state index contributed by atoms with van der Waals surface area (Å²) in [6.45, 7) is 3.79. The highest BCUT2D eigenvalue weighted by Crippen LogP contribution is 2.21. The molecule has 1 fully saturated rings. The van der Waals surface area contributed by atoms with Gasteiger partial charge in [0.2, 0.25) is 0 Å². The van der Waals surface area contributed by atoms with Crippen LogP contribution in [0.2, 0.25) is 0 Å². The molecule has 0 N–H and O–H groups in total. The highest BCUT2D eigenvalue weighted by Gasteiger charge is 2.23. The van der Waals surface area contributed by atoms with Gasteiger partial charge in [0.15, 0.2) is 0 Å². The molecule has 3 aromatic rings. The Morgan fingerprint density at radius 2 is 1.59 bits per heavy atom. The van der Waals surface area contributed by atoms with Crippen molar-refractivity contribution in [3.8, 4) is 6.07 Å². The second kappa shape index (κ2) is 7.61. The Kier molecular flexibility index (Phi) is 4.86. The third kappa shape index (κ3) is 3.55. The summed E-state index contributed by atoms with van der Waals surface area (Å²) >= 11 is 0. The zero-order valence-electron chi connectivity index (χ0n) is 15.1. The fourth-order valence-corrected chi connectivity index (χ4v) is 3.70. The summed E-state index contributed by atoms with van der Waals surface area (Å²) in [6, 6.07) is 23.9. The lowest BCUT2D eigenvalue weighted by Crippen LogP contribution is -2.48. The normalized spacial score (nSPS) is 14.9. The molecule has 4 nitrogen and oxygen atoms in total. The fraction of sp³-hybridized carbons (Fsp3) is 0.217. The number of rotatable bonds is 3. The highest BCUT2D eigenvalue weighted by atomic mass is 16.2. The Bertz CT molecular complexity index is 1010. The van der Waals surface area contributed by atoms with Gasteiger partial charge in [-0.25, -0.2) is 0 Å². The first-order valence-corrected chi connectivity index (χ1v) is 9.23. The van der Waals surface area contributed by atoms with E-state index in [0.29, 0.717) is 13.1 Å². The maximum absolute atomic E-state index is 13.0. The van der Waals surface area contributed by atoms with Crippen molar-refractivity contribution < 1.29 is 4.79 Å². The monoisotopic (exact) mass is 355 g/mol. The highest BCUT2D eigenvalue weighted by molar-refractivity contribution is 6.07. The molecular weight excluding hydrogens is 334 g/mol. The van der Waals surface area contributed by atoms with Crippen molar-refractivity contribution in [2.24, 2.45) is 0 Å². The molecule has 0 spiro atoms. The number of amides is 1. The average molecular weight is 355 g/mol. The third-order valence-electron chi connectivity index (χ3n) is 5.21. The lowest BCUT2D eigenvalue weighted by molar-refractivity contribution is 0.0630. The van der Waals surface area contributed by atoms with Crippen LogP contribution in [0.1, 0.15) is 21.5 Å². The third-order valence-corrected chi connectivity index (χ3v) is 5.21. The second-order valence-electron chi connectivity index (χ2n) is 6.86. The van der Waals surface area contributed by atoms with Crippen LogP contribution in [0.5, 0.6) is 0 Å². The molecule has 0 bridgehead atoms. The summed E-state index contributed by atoms with van der Waals surface area (Å²) in [5.41, 5.74) is 2.55. The number of carbonyl (C=O) groups excluding carboxylic acids is 1. The smallest absolute Gasteiger partial charge is 0.254 e. The van der Waals surface area contributed by atoms with E-state index in [1.54, 1.807) is 0 Å². The van der Waals surface area contributed by atoms with E-state index in [1.807, 2.05) is 71.6 Å². The van der Waals surface area contributed by atoms with E-state index >= 15 is 0 Å². The molecule has 0 atom stereocenters. The summed E-state index contributed by atoms with van der Waals surface area (Å²) in [6.07, 6.45) is 0. The number of piperazine rings is 1. The van der Waals surface area contributed by atoms with E-state index in [2.05, 4.69) is 11.0 Å². The zero-order valence-corrected chi connectivity index (χ0v) is 15.1. The van der Waals surface area contributed by atoms with Crippen LogP contribution in [0.4, 0.5) is 0 Å². The van der Waals surface area contributed by atoms with Crippen LogP contribution in [0, 0.1) is 11.3 Å². The first kappa shape index (κ1) is 17.3. The lowest BCUT2D eigenvalue weighted by Gasteiger charge is -2.35. The molecule has 3 aromatic carbocycles. The van der Waals surface area contributed by atoms with Gasteiger partial charge in [0, 0.05) is 38.3 Å². The van der Waals surface area contributed by atoms with Crippen molar-refractivity contribution >= 4 is 16.7 Å². The standard InChI is InChI=1S/C23H21N3O/c24-16-19-7-1-2-8-20(19)17-25-12-14-26(15-13-25)23(27)22-11-5-9-18-6-3-4-10-21(18)22/h1-11H,12-15,17H2. The van der Waals surface area contributed by atoms with Gasteiger partial charge in [-0.1, -0.05) is 54.6 Å². The van der Waals surface area contributed by atoms with Crippen LogP contribution < -0.4 is 0 Å². The minimum absolute atomic E-state index is 0.101. The van der Waals surface area contributed by atoms with Crippen molar-refractivity contribution in [2.45, 2.75) is 6.54 Å². The molecule has 1 heterocycles. The second-order valence-corrected chi connectivity index (χ2v) is 6.86. The van der Waals surface area contributed by atoms with Crippen LogP contribution in [0.15, 0.2) is 66.7 Å². The van der Waals surface area contributed by atoms with Crippen molar-refractivity contribution in [3.05, 3.63) is 83.4 Å². The van der Waals surface area contributed by atoms with E-state index in [9.17, 15) is 10.1 Å². The number of benzene rings is 3. The van der Waals surface area contributed by atoms with Crippen LogP contribution in [-0.2, 0) is 6.54 Å². The number of nitriles is 1. The number of hydrogen-bond donors (Lipinski definition) is 0. The summed E-state index contributed by atoms with van der Waals surface area (Å²) < 4.78 is 0. The molecule has 0 radical (unpaired) electrons. The van der Waals surface area contributed by atoms with Gasteiger partial charge >= 0.3 is 0 Å². The van der Waals surface area contributed by atoms with Crippen molar-refractivity contribution in [3.63, 3.8) is 0 Å². The van der Waals surface area contributed by atoms with Gasteiger partial charge in [-0.15, -0.1) is 0 Å². The molecule has 0 saturated carbocycles. The number of hydrogen-bond acceptors (Lipinski definition) is 3. The maximum Gasteiger partial charge on any atom is 0.254 e. The Balaban J connectivity index is 1.45. The first-order valence-electron chi connectivity index (χ1n) is 9.23. The number of nitrogens with zero attached hydrogens (tertiary/aromatic N) is 3. The van der Waals surface area contributed by atoms with Crippen molar-refractivity contribution in [2.75, 3.05) is 26.2 Å². The first-order chi connectivity index (χ1) is 13.3. The molecule has 1 saturated heterocycles. The van der Waals surface area contributed by atoms with Crippen LogP contribution in [0.3, 0.4) is 0 Å². The van der Waals surface area contributed by atoms with E-state index in [0.717, 1.165) is 47.1 Å². The zero-order chi connectivity index (χ0) is 18.6. The van der Waals surface area contributed by atoms with Gasteiger partial charge in [-0.2, -0.15) is 5.26 Å². The molecule has 27 heavy (non-hydrogen) atoms. The summed E-state index contributed by atoms with van der Waals surface area (Å²) in [5.74, 6) is 0.101. The molecule has 1 amide bonds. The molecular formula is C23H21N3O. The molecule has 0 aliphatic carbocycles. The molecule has 0 aromatic heterocycles. The number of fused-ring (bicyclic) bond motifs is 1. The SMILES string of the molecule is N#Cc1ccccc1CN1CCN(C(=O)c2cccc3ccccc23)CC1. The van der Waals surface area contributed by atoms with Gasteiger partial charge in [-0.05, 0) is 28.5 Å². The minimum Gasteiger partial charge on any atom is -0.336 e. The van der Waals surface area contributed by atoms with E-state index < -0.39 is 0 Å².